The molecule has 0 radical (unpaired) electrons. The second-order valence-electron chi connectivity index (χ2n) is 6.58. The van der Waals surface area contributed by atoms with Crippen molar-refractivity contribution in [2.75, 3.05) is 11.1 Å². The zero-order valence-electron chi connectivity index (χ0n) is 14.7. The van der Waals surface area contributed by atoms with E-state index in [0.717, 1.165) is 17.0 Å². The number of nitrogens with zero attached hydrogens (tertiary/aromatic N) is 6. The molecule has 0 bridgehead atoms. The Bertz CT molecular complexity index is 949. The predicted molar refractivity (Wildman–Crippen MR) is 96.2 cm³/mol. The van der Waals surface area contributed by atoms with Crippen LogP contribution in [0.15, 0.2) is 24.5 Å². The summed E-state index contributed by atoms with van der Waals surface area (Å²) in [5, 5.41) is 11.6. The van der Waals surface area contributed by atoms with E-state index in [1.165, 1.54) is 12.8 Å². The van der Waals surface area contributed by atoms with E-state index in [1.807, 2.05) is 26.1 Å². The minimum Gasteiger partial charge on any atom is -0.368 e. The number of rotatable bonds is 5. The molecule has 0 aromatic carbocycles. The lowest BCUT2D eigenvalue weighted by molar-refractivity contribution is -0.116. The Hall–Kier alpha value is -3.23. The lowest BCUT2D eigenvalue weighted by Gasteiger charge is -2.05. The molecule has 9 nitrogen and oxygen atoms in total. The van der Waals surface area contributed by atoms with Gasteiger partial charge in [-0.2, -0.15) is 10.2 Å². The van der Waals surface area contributed by atoms with Crippen LogP contribution in [-0.2, 0) is 18.4 Å². The minimum absolute atomic E-state index is 0.101. The van der Waals surface area contributed by atoms with Crippen LogP contribution in [0.5, 0.6) is 0 Å². The fraction of sp³-hybridized carbons (Fsp3) is 0.353. The number of aryl methyl sites for hydroxylation is 2. The summed E-state index contributed by atoms with van der Waals surface area (Å²) in [7, 11) is 1.83. The van der Waals surface area contributed by atoms with E-state index in [2.05, 4.69) is 25.5 Å². The zero-order valence-corrected chi connectivity index (χ0v) is 14.7. The SMILES string of the molecule is Cc1cc(-c2cnn(CC(=O)Nc3cc(C4CC4)nn3C)c2)nc(N)n1. The number of hydrogen-bond donors (Lipinski definition) is 2. The van der Waals surface area contributed by atoms with Crippen molar-refractivity contribution in [3.05, 3.63) is 35.9 Å². The predicted octanol–water partition coefficient (Wildman–Crippen LogP) is 1.48. The van der Waals surface area contributed by atoms with E-state index >= 15 is 0 Å². The molecule has 3 N–H and O–H groups in total. The fourth-order valence-corrected chi connectivity index (χ4v) is 2.84. The molecule has 0 saturated heterocycles. The van der Waals surface area contributed by atoms with Crippen LogP contribution in [0.3, 0.4) is 0 Å². The number of amides is 1. The van der Waals surface area contributed by atoms with Crippen molar-refractivity contribution in [3.63, 3.8) is 0 Å². The van der Waals surface area contributed by atoms with Crippen molar-refractivity contribution < 1.29 is 4.79 Å². The Morgan fingerprint density at radius 1 is 1.35 bits per heavy atom. The molecule has 3 aromatic rings. The molecule has 134 valence electrons. The molecule has 0 atom stereocenters. The van der Waals surface area contributed by atoms with E-state index in [9.17, 15) is 4.79 Å². The molecule has 1 aliphatic rings. The Morgan fingerprint density at radius 2 is 2.15 bits per heavy atom. The van der Waals surface area contributed by atoms with Gasteiger partial charge < -0.3 is 11.1 Å². The van der Waals surface area contributed by atoms with Crippen LogP contribution in [0.25, 0.3) is 11.3 Å². The van der Waals surface area contributed by atoms with E-state index < -0.39 is 0 Å². The van der Waals surface area contributed by atoms with Gasteiger partial charge in [0.1, 0.15) is 12.4 Å². The number of nitrogens with two attached hydrogens (primary N) is 1. The molecule has 1 fully saturated rings. The van der Waals surface area contributed by atoms with Gasteiger partial charge in [-0.3, -0.25) is 14.2 Å². The Kier molecular flexibility index (Phi) is 3.90. The smallest absolute Gasteiger partial charge is 0.247 e. The van der Waals surface area contributed by atoms with Gasteiger partial charge in [0, 0.05) is 36.5 Å². The summed E-state index contributed by atoms with van der Waals surface area (Å²) in [6, 6.07) is 3.77. The average Bonchev–Trinajstić information content (AvgIpc) is 3.22. The molecule has 3 aromatic heterocycles. The van der Waals surface area contributed by atoms with Crippen molar-refractivity contribution in [2.24, 2.45) is 7.05 Å². The number of anilines is 2. The van der Waals surface area contributed by atoms with Crippen LogP contribution in [0.1, 0.15) is 30.1 Å². The van der Waals surface area contributed by atoms with Crippen LogP contribution in [-0.4, -0.2) is 35.4 Å². The summed E-state index contributed by atoms with van der Waals surface area (Å²) in [4.78, 5) is 20.6. The highest BCUT2D eigenvalue weighted by Crippen LogP contribution is 2.39. The second-order valence-corrected chi connectivity index (χ2v) is 6.58. The van der Waals surface area contributed by atoms with Gasteiger partial charge in [-0.05, 0) is 25.8 Å². The summed E-state index contributed by atoms with van der Waals surface area (Å²) < 4.78 is 3.27. The van der Waals surface area contributed by atoms with Crippen molar-refractivity contribution >= 4 is 17.7 Å². The molecule has 1 amide bonds. The number of nitrogens with one attached hydrogen (secondary N) is 1. The average molecular weight is 352 g/mol. The number of carbonyl (C=O) groups excluding carboxylic acids is 1. The first-order valence-corrected chi connectivity index (χ1v) is 8.46. The normalized spacial score (nSPS) is 13.8. The molecule has 9 heteroatoms. The third-order valence-electron chi connectivity index (χ3n) is 4.27. The van der Waals surface area contributed by atoms with Gasteiger partial charge in [-0.1, -0.05) is 0 Å². The number of nitrogen functional groups attached to an aromatic ring is 1. The van der Waals surface area contributed by atoms with Crippen molar-refractivity contribution in [2.45, 2.75) is 32.2 Å². The molecule has 0 spiro atoms. The highest BCUT2D eigenvalue weighted by atomic mass is 16.2. The molecular formula is C17H20N8O. The highest BCUT2D eigenvalue weighted by Gasteiger charge is 2.27. The molecular weight excluding hydrogens is 332 g/mol. The molecule has 26 heavy (non-hydrogen) atoms. The third kappa shape index (κ3) is 3.41. The summed E-state index contributed by atoms with van der Waals surface area (Å²) in [5.41, 5.74) is 8.98. The third-order valence-corrected chi connectivity index (χ3v) is 4.27. The van der Waals surface area contributed by atoms with Gasteiger partial charge in [0.15, 0.2) is 0 Å². The molecule has 4 rings (SSSR count). The fourth-order valence-electron chi connectivity index (χ4n) is 2.84. The van der Waals surface area contributed by atoms with Gasteiger partial charge in [-0.15, -0.1) is 0 Å². The van der Waals surface area contributed by atoms with Crippen LogP contribution in [0.2, 0.25) is 0 Å². The van der Waals surface area contributed by atoms with Crippen LogP contribution >= 0.6 is 0 Å². The lowest BCUT2D eigenvalue weighted by atomic mass is 10.2. The van der Waals surface area contributed by atoms with Crippen LogP contribution < -0.4 is 11.1 Å². The maximum Gasteiger partial charge on any atom is 0.247 e. The van der Waals surface area contributed by atoms with Gasteiger partial charge in [0.25, 0.3) is 0 Å². The summed E-state index contributed by atoms with van der Waals surface area (Å²) >= 11 is 0. The topological polar surface area (TPSA) is 117 Å². The van der Waals surface area contributed by atoms with Gasteiger partial charge in [0.2, 0.25) is 11.9 Å². The van der Waals surface area contributed by atoms with Crippen molar-refractivity contribution in [1.29, 1.82) is 0 Å². The molecule has 1 aliphatic carbocycles. The summed E-state index contributed by atoms with van der Waals surface area (Å²) in [5.74, 6) is 1.30. The van der Waals surface area contributed by atoms with Crippen LogP contribution in [0.4, 0.5) is 11.8 Å². The van der Waals surface area contributed by atoms with E-state index in [0.29, 0.717) is 17.4 Å². The monoisotopic (exact) mass is 352 g/mol. The number of aromatic nitrogens is 6. The largest absolute Gasteiger partial charge is 0.368 e. The maximum absolute atomic E-state index is 12.3. The first-order valence-electron chi connectivity index (χ1n) is 8.46. The van der Waals surface area contributed by atoms with E-state index in [1.54, 1.807) is 21.8 Å². The van der Waals surface area contributed by atoms with Crippen molar-refractivity contribution in [1.82, 2.24) is 29.5 Å². The quantitative estimate of drug-likeness (QED) is 0.718. The standard InChI is InChI=1S/C17H20N8O/c1-10-5-13(21-17(18)20-10)12-7-19-25(8-12)9-16(26)22-15-6-14(11-3-4-11)23-24(15)2/h5-8,11H,3-4,9H2,1-2H3,(H,22,26)(H2,18,20,21). The zero-order chi connectivity index (χ0) is 18.3. The van der Waals surface area contributed by atoms with Crippen LogP contribution in [0, 0.1) is 6.92 Å². The van der Waals surface area contributed by atoms with Crippen molar-refractivity contribution in [3.8, 4) is 11.3 Å². The number of carbonyl (C=O) groups is 1. The molecule has 0 unspecified atom stereocenters. The molecule has 1 saturated carbocycles. The van der Waals surface area contributed by atoms with E-state index in [-0.39, 0.29) is 18.4 Å². The lowest BCUT2D eigenvalue weighted by Crippen LogP contribution is -2.20. The Balaban J connectivity index is 1.44. The summed E-state index contributed by atoms with van der Waals surface area (Å²) in [6.07, 6.45) is 5.77. The number of hydrogen-bond acceptors (Lipinski definition) is 6. The first-order chi connectivity index (χ1) is 12.5. The molecule has 0 aliphatic heterocycles. The maximum atomic E-state index is 12.3. The van der Waals surface area contributed by atoms with Gasteiger partial charge in [0.05, 0.1) is 17.6 Å². The molecule has 3 heterocycles. The van der Waals surface area contributed by atoms with Gasteiger partial charge >= 0.3 is 0 Å². The van der Waals surface area contributed by atoms with E-state index in [4.69, 9.17) is 5.73 Å². The van der Waals surface area contributed by atoms with Gasteiger partial charge in [-0.25, -0.2) is 9.97 Å². The minimum atomic E-state index is -0.164. The Labute approximate surface area is 150 Å². The second kappa shape index (κ2) is 6.25. The Morgan fingerprint density at radius 3 is 2.88 bits per heavy atom. The first kappa shape index (κ1) is 16.2. The highest BCUT2D eigenvalue weighted by molar-refractivity contribution is 5.89. The summed E-state index contributed by atoms with van der Waals surface area (Å²) in [6.45, 7) is 1.95.